The van der Waals surface area contributed by atoms with Gasteiger partial charge in [-0.2, -0.15) is 0 Å². The number of aliphatic imine (C=N–C) groups is 1. The van der Waals surface area contributed by atoms with E-state index in [1.54, 1.807) is 11.3 Å². The first-order valence-electron chi connectivity index (χ1n) is 9.20. The molecule has 0 aliphatic carbocycles. The van der Waals surface area contributed by atoms with Crippen molar-refractivity contribution in [2.45, 2.75) is 46.6 Å². The molecule has 0 amide bonds. The summed E-state index contributed by atoms with van der Waals surface area (Å²) in [6.45, 7) is 16.9. The topological polar surface area (TPSA) is 61.8 Å². The number of thiazole rings is 1. The van der Waals surface area contributed by atoms with Crippen molar-refractivity contribution in [3.05, 3.63) is 15.6 Å². The van der Waals surface area contributed by atoms with Gasteiger partial charge in [0.1, 0.15) is 0 Å². The van der Waals surface area contributed by atoms with Crippen LogP contribution in [-0.2, 0) is 11.2 Å². The summed E-state index contributed by atoms with van der Waals surface area (Å²) in [6, 6.07) is 0. The standard InChI is InChI=1S/C18H33N5OS/c1-6-19-17(20-8-7-16-14(2)22-15(3)25-16)21-13-18(4,5)23-9-11-24-12-10-23/h6-13H2,1-5H3,(H2,19,20,21). The lowest BCUT2D eigenvalue weighted by Gasteiger charge is -2.39. The lowest BCUT2D eigenvalue weighted by molar-refractivity contribution is -0.00683. The number of hydrogen-bond donors (Lipinski definition) is 2. The molecule has 6 nitrogen and oxygen atoms in total. The molecule has 1 aromatic heterocycles. The molecule has 25 heavy (non-hydrogen) atoms. The van der Waals surface area contributed by atoms with E-state index in [1.165, 1.54) is 4.88 Å². The molecule has 0 bridgehead atoms. The van der Waals surface area contributed by atoms with Crippen molar-refractivity contribution in [3.63, 3.8) is 0 Å². The normalized spacial score (nSPS) is 16.9. The van der Waals surface area contributed by atoms with E-state index in [9.17, 15) is 0 Å². The number of nitrogens with one attached hydrogen (secondary N) is 2. The van der Waals surface area contributed by atoms with Crippen molar-refractivity contribution in [2.75, 3.05) is 45.9 Å². The van der Waals surface area contributed by atoms with E-state index in [-0.39, 0.29) is 5.54 Å². The number of rotatable bonds is 7. The van der Waals surface area contributed by atoms with Gasteiger partial charge in [-0.3, -0.25) is 9.89 Å². The fourth-order valence-corrected chi connectivity index (χ4v) is 3.92. The van der Waals surface area contributed by atoms with E-state index in [0.29, 0.717) is 0 Å². The molecule has 2 rings (SSSR count). The Labute approximate surface area is 156 Å². The summed E-state index contributed by atoms with van der Waals surface area (Å²) in [7, 11) is 0. The highest BCUT2D eigenvalue weighted by Crippen LogP contribution is 2.17. The minimum atomic E-state index is 0.0392. The van der Waals surface area contributed by atoms with Gasteiger partial charge in [0.25, 0.3) is 0 Å². The van der Waals surface area contributed by atoms with Gasteiger partial charge in [0, 0.05) is 43.0 Å². The van der Waals surface area contributed by atoms with Gasteiger partial charge in [0.15, 0.2) is 5.96 Å². The van der Waals surface area contributed by atoms with E-state index in [1.807, 2.05) is 0 Å². The first kappa shape index (κ1) is 20.1. The Morgan fingerprint density at radius 1 is 1.28 bits per heavy atom. The van der Waals surface area contributed by atoms with Gasteiger partial charge in [-0.25, -0.2) is 4.98 Å². The number of morpholine rings is 1. The van der Waals surface area contributed by atoms with Gasteiger partial charge in [0.05, 0.1) is 30.5 Å². The zero-order valence-electron chi connectivity index (χ0n) is 16.3. The summed E-state index contributed by atoms with van der Waals surface area (Å²) in [6.07, 6.45) is 0.981. The van der Waals surface area contributed by atoms with Crippen LogP contribution in [0.5, 0.6) is 0 Å². The van der Waals surface area contributed by atoms with Crippen LogP contribution in [0.2, 0.25) is 0 Å². The first-order valence-corrected chi connectivity index (χ1v) is 10.0. The zero-order valence-corrected chi connectivity index (χ0v) is 17.1. The van der Waals surface area contributed by atoms with Crippen molar-refractivity contribution >= 4 is 17.3 Å². The van der Waals surface area contributed by atoms with E-state index in [2.05, 4.69) is 55.1 Å². The third-order valence-corrected chi connectivity index (χ3v) is 5.61. The Balaban J connectivity index is 1.87. The van der Waals surface area contributed by atoms with Crippen molar-refractivity contribution in [1.29, 1.82) is 0 Å². The van der Waals surface area contributed by atoms with Crippen LogP contribution < -0.4 is 10.6 Å². The molecule has 1 aromatic rings. The predicted octanol–water partition coefficient (Wildman–Crippen LogP) is 1.97. The number of guanidine groups is 1. The second-order valence-corrected chi connectivity index (χ2v) is 8.31. The van der Waals surface area contributed by atoms with Gasteiger partial charge >= 0.3 is 0 Å². The van der Waals surface area contributed by atoms with Crippen LogP contribution in [-0.4, -0.2) is 67.3 Å². The molecule has 0 spiro atoms. The maximum Gasteiger partial charge on any atom is 0.191 e. The average Bonchev–Trinajstić information content (AvgIpc) is 2.91. The Bertz CT molecular complexity index is 564. The fraction of sp³-hybridized carbons (Fsp3) is 0.778. The number of ether oxygens (including phenoxy) is 1. The molecule has 0 atom stereocenters. The molecule has 142 valence electrons. The lowest BCUT2D eigenvalue weighted by atomic mass is 10.0. The Morgan fingerprint density at radius 3 is 2.60 bits per heavy atom. The number of nitrogens with zero attached hydrogens (tertiary/aromatic N) is 3. The van der Waals surface area contributed by atoms with Crippen LogP contribution >= 0.6 is 11.3 Å². The smallest absolute Gasteiger partial charge is 0.191 e. The zero-order chi connectivity index (χ0) is 18.3. The summed E-state index contributed by atoms with van der Waals surface area (Å²) in [5.74, 6) is 0.891. The van der Waals surface area contributed by atoms with Gasteiger partial charge in [0.2, 0.25) is 0 Å². The van der Waals surface area contributed by atoms with Crippen LogP contribution in [0.25, 0.3) is 0 Å². The monoisotopic (exact) mass is 367 g/mol. The highest BCUT2D eigenvalue weighted by molar-refractivity contribution is 7.11. The molecule has 0 saturated carbocycles. The van der Waals surface area contributed by atoms with Crippen LogP contribution in [0, 0.1) is 13.8 Å². The summed E-state index contributed by atoms with van der Waals surface area (Å²) in [4.78, 5) is 13.1. The number of hydrogen-bond acceptors (Lipinski definition) is 5. The molecule has 7 heteroatoms. The maximum absolute atomic E-state index is 5.46. The van der Waals surface area contributed by atoms with Crippen LogP contribution in [0.3, 0.4) is 0 Å². The van der Waals surface area contributed by atoms with Gasteiger partial charge in [-0.1, -0.05) is 0 Å². The second-order valence-electron chi connectivity index (χ2n) is 7.03. The van der Waals surface area contributed by atoms with E-state index in [4.69, 9.17) is 9.73 Å². The largest absolute Gasteiger partial charge is 0.379 e. The highest BCUT2D eigenvalue weighted by atomic mass is 32.1. The quantitative estimate of drug-likeness (QED) is 0.570. The molecule has 2 heterocycles. The second kappa shape index (κ2) is 9.50. The Kier molecular flexibility index (Phi) is 7.65. The summed E-state index contributed by atoms with van der Waals surface area (Å²) in [5, 5.41) is 7.94. The summed E-state index contributed by atoms with van der Waals surface area (Å²) >= 11 is 1.79. The molecule has 0 aromatic carbocycles. The molecule has 1 aliphatic rings. The predicted molar refractivity (Wildman–Crippen MR) is 106 cm³/mol. The van der Waals surface area contributed by atoms with Crippen LogP contribution in [0.1, 0.15) is 36.3 Å². The van der Waals surface area contributed by atoms with Crippen LogP contribution in [0.15, 0.2) is 4.99 Å². The number of aromatic nitrogens is 1. The lowest BCUT2D eigenvalue weighted by Crippen LogP contribution is -2.52. The van der Waals surface area contributed by atoms with Gasteiger partial charge < -0.3 is 15.4 Å². The first-order chi connectivity index (χ1) is 11.9. The Morgan fingerprint density at radius 2 is 2.00 bits per heavy atom. The third kappa shape index (κ3) is 6.24. The minimum absolute atomic E-state index is 0.0392. The SMILES string of the molecule is CCNC(=NCC(C)(C)N1CCOCC1)NCCc1sc(C)nc1C. The van der Waals surface area contributed by atoms with E-state index >= 15 is 0 Å². The average molecular weight is 368 g/mol. The van der Waals surface area contributed by atoms with Crippen molar-refractivity contribution in [2.24, 2.45) is 4.99 Å². The number of aryl methyl sites for hydroxylation is 2. The van der Waals surface area contributed by atoms with E-state index in [0.717, 1.165) is 69.0 Å². The van der Waals surface area contributed by atoms with E-state index < -0.39 is 0 Å². The minimum Gasteiger partial charge on any atom is -0.379 e. The maximum atomic E-state index is 5.46. The van der Waals surface area contributed by atoms with Gasteiger partial charge in [-0.05, 0) is 34.6 Å². The molecule has 1 saturated heterocycles. The van der Waals surface area contributed by atoms with Crippen molar-refractivity contribution in [3.8, 4) is 0 Å². The van der Waals surface area contributed by atoms with Crippen molar-refractivity contribution in [1.82, 2.24) is 20.5 Å². The summed E-state index contributed by atoms with van der Waals surface area (Å²) < 4.78 is 5.46. The molecular formula is C18H33N5OS. The molecule has 2 N–H and O–H groups in total. The van der Waals surface area contributed by atoms with Gasteiger partial charge in [-0.15, -0.1) is 11.3 Å². The molecule has 0 radical (unpaired) electrons. The molecule has 0 unspecified atom stereocenters. The molecular weight excluding hydrogens is 334 g/mol. The highest BCUT2D eigenvalue weighted by Gasteiger charge is 2.28. The van der Waals surface area contributed by atoms with Crippen LogP contribution in [0.4, 0.5) is 0 Å². The Hall–Kier alpha value is -1.18. The third-order valence-electron chi connectivity index (χ3n) is 4.48. The molecule has 1 aliphatic heterocycles. The fourth-order valence-electron chi connectivity index (χ4n) is 2.98. The summed E-state index contributed by atoms with van der Waals surface area (Å²) in [5.41, 5.74) is 1.19. The van der Waals surface area contributed by atoms with Crippen molar-refractivity contribution < 1.29 is 4.74 Å². The molecule has 1 fully saturated rings.